The van der Waals surface area contributed by atoms with Crippen LogP contribution in [0.1, 0.15) is 59.6 Å². The van der Waals surface area contributed by atoms with Crippen molar-refractivity contribution in [1.29, 1.82) is 0 Å². The lowest BCUT2D eigenvalue weighted by Gasteiger charge is -2.24. The van der Waals surface area contributed by atoms with Crippen molar-refractivity contribution >= 4 is 5.91 Å². The third kappa shape index (κ3) is 4.01. The van der Waals surface area contributed by atoms with Crippen molar-refractivity contribution < 1.29 is 4.79 Å². The Morgan fingerprint density at radius 1 is 1.33 bits per heavy atom. The molecular formula is C20H25N3O. The molecule has 4 nitrogen and oxygen atoms in total. The molecule has 2 N–H and O–H groups in total. The largest absolute Gasteiger partial charge is 0.345 e. The maximum absolute atomic E-state index is 12.3. The number of piperidine rings is 1. The van der Waals surface area contributed by atoms with E-state index in [9.17, 15) is 4.79 Å². The first kappa shape index (κ1) is 16.7. The Kier molecular flexibility index (Phi) is 5.59. The molecule has 0 aliphatic carbocycles. The highest BCUT2D eigenvalue weighted by molar-refractivity contribution is 5.94. The molecule has 0 saturated carbocycles. The van der Waals surface area contributed by atoms with Gasteiger partial charge < -0.3 is 10.6 Å². The van der Waals surface area contributed by atoms with Gasteiger partial charge in [0, 0.05) is 18.9 Å². The van der Waals surface area contributed by atoms with Crippen molar-refractivity contribution in [2.75, 3.05) is 13.1 Å². The maximum Gasteiger partial charge on any atom is 0.253 e. The predicted octanol–water partition coefficient (Wildman–Crippen LogP) is 3.43. The molecule has 2 unspecified atom stereocenters. The Bertz CT molecular complexity index is 648. The summed E-state index contributed by atoms with van der Waals surface area (Å²) in [6, 6.07) is 12.3. The van der Waals surface area contributed by atoms with Gasteiger partial charge in [0.15, 0.2) is 0 Å². The minimum atomic E-state index is -0.0736. The van der Waals surface area contributed by atoms with Gasteiger partial charge in [-0.15, -0.1) is 0 Å². The van der Waals surface area contributed by atoms with Crippen molar-refractivity contribution in [2.45, 2.75) is 38.1 Å². The van der Waals surface area contributed by atoms with E-state index in [0.29, 0.717) is 11.5 Å². The summed E-state index contributed by atoms with van der Waals surface area (Å²) in [5.74, 6) is 0.536. The molecule has 1 aliphatic heterocycles. The molecule has 24 heavy (non-hydrogen) atoms. The average Bonchev–Trinajstić information content (AvgIpc) is 2.67. The summed E-state index contributed by atoms with van der Waals surface area (Å²) in [6.07, 6.45) is 6.62. The zero-order chi connectivity index (χ0) is 16.8. The first-order chi connectivity index (χ1) is 11.8. The molecule has 0 spiro atoms. The highest BCUT2D eigenvalue weighted by Crippen LogP contribution is 2.25. The van der Waals surface area contributed by atoms with Crippen LogP contribution in [0.4, 0.5) is 0 Å². The molecule has 1 amide bonds. The summed E-state index contributed by atoms with van der Waals surface area (Å²) in [5.41, 5.74) is 3.14. The normalized spacial score (nSPS) is 18.8. The molecule has 2 aromatic rings. The van der Waals surface area contributed by atoms with Gasteiger partial charge in [-0.3, -0.25) is 9.78 Å². The summed E-state index contributed by atoms with van der Waals surface area (Å²) >= 11 is 0. The zero-order valence-electron chi connectivity index (χ0n) is 14.2. The first-order valence-corrected chi connectivity index (χ1v) is 8.79. The highest BCUT2D eigenvalue weighted by atomic mass is 16.1. The fraction of sp³-hybridized carbons (Fsp3) is 0.400. The number of benzene rings is 1. The summed E-state index contributed by atoms with van der Waals surface area (Å²) in [6.45, 7) is 4.29. The van der Waals surface area contributed by atoms with E-state index in [1.54, 1.807) is 24.5 Å². The fourth-order valence-corrected chi connectivity index (χ4v) is 3.30. The molecule has 126 valence electrons. The molecule has 1 fully saturated rings. The lowest BCUT2D eigenvalue weighted by atomic mass is 9.90. The van der Waals surface area contributed by atoms with Crippen LogP contribution in [0.5, 0.6) is 0 Å². The number of aromatic nitrogens is 1. The summed E-state index contributed by atoms with van der Waals surface area (Å²) in [5, 5.41) is 6.57. The summed E-state index contributed by atoms with van der Waals surface area (Å²) in [4.78, 5) is 16.4. The standard InChI is InChI=1S/C20H25N3O/c1-2-19(23-20(24)18-6-4-12-22-14-18)16-9-7-15(8-10-16)17-5-3-11-21-13-17/h4,6-10,12,14,17,19,21H,2-3,5,11,13H2,1H3,(H,23,24). The first-order valence-electron chi connectivity index (χ1n) is 8.79. The smallest absolute Gasteiger partial charge is 0.253 e. The Labute approximate surface area is 143 Å². The van der Waals surface area contributed by atoms with Crippen molar-refractivity contribution in [1.82, 2.24) is 15.6 Å². The molecule has 1 aromatic carbocycles. The van der Waals surface area contributed by atoms with Gasteiger partial charge in [-0.25, -0.2) is 0 Å². The number of hydrogen-bond acceptors (Lipinski definition) is 3. The van der Waals surface area contributed by atoms with Gasteiger partial charge in [-0.05, 0) is 55.0 Å². The molecule has 1 aromatic heterocycles. The van der Waals surface area contributed by atoms with Crippen LogP contribution in [0.2, 0.25) is 0 Å². The molecule has 2 atom stereocenters. The van der Waals surface area contributed by atoms with Gasteiger partial charge in [0.05, 0.1) is 11.6 Å². The maximum atomic E-state index is 12.3. The number of amides is 1. The number of nitrogens with zero attached hydrogens (tertiary/aromatic N) is 1. The van der Waals surface area contributed by atoms with Gasteiger partial charge in [0.25, 0.3) is 5.91 Å². The van der Waals surface area contributed by atoms with Gasteiger partial charge in [0.2, 0.25) is 0 Å². The van der Waals surface area contributed by atoms with Crippen LogP contribution in [0.3, 0.4) is 0 Å². The van der Waals surface area contributed by atoms with E-state index < -0.39 is 0 Å². The van der Waals surface area contributed by atoms with Crippen LogP contribution in [0.15, 0.2) is 48.8 Å². The fourth-order valence-electron chi connectivity index (χ4n) is 3.30. The van der Waals surface area contributed by atoms with Crippen LogP contribution in [0, 0.1) is 0 Å². The van der Waals surface area contributed by atoms with E-state index in [2.05, 4.69) is 46.8 Å². The molecule has 0 bridgehead atoms. The van der Waals surface area contributed by atoms with Crippen LogP contribution in [-0.2, 0) is 0 Å². The minimum absolute atomic E-state index is 0.0243. The lowest BCUT2D eigenvalue weighted by Crippen LogP contribution is -2.29. The molecular weight excluding hydrogens is 298 g/mol. The second-order valence-electron chi connectivity index (χ2n) is 6.39. The van der Waals surface area contributed by atoms with E-state index in [1.165, 1.54) is 18.4 Å². The molecule has 1 saturated heterocycles. The quantitative estimate of drug-likeness (QED) is 0.886. The lowest BCUT2D eigenvalue weighted by molar-refractivity contribution is 0.0935. The zero-order valence-corrected chi connectivity index (χ0v) is 14.2. The second-order valence-corrected chi connectivity index (χ2v) is 6.39. The van der Waals surface area contributed by atoms with Crippen molar-refractivity contribution in [3.63, 3.8) is 0 Å². The van der Waals surface area contributed by atoms with E-state index in [0.717, 1.165) is 25.1 Å². The molecule has 3 rings (SSSR count). The van der Waals surface area contributed by atoms with E-state index in [1.807, 2.05) is 0 Å². The van der Waals surface area contributed by atoms with Gasteiger partial charge in [-0.1, -0.05) is 31.2 Å². The van der Waals surface area contributed by atoms with Gasteiger partial charge >= 0.3 is 0 Å². The van der Waals surface area contributed by atoms with Gasteiger partial charge in [-0.2, -0.15) is 0 Å². The molecule has 4 heteroatoms. The number of carbonyl (C=O) groups is 1. The number of carbonyl (C=O) groups excluding carboxylic acids is 1. The van der Waals surface area contributed by atoms with Crippen LogP contribution < -0.4 is 10.6 Å². The predicted molar refractivity (Wildman–Crippen MR) is 96.0 cm³/mol. The molecule has 2 heterocycles. The van der Waals surface area contributed by atoms with Crippen molar-refractivity contribution in [3.05, 3.63) is 65.5 Å². The Morgan fingerprint density at radius 3 is 2.79 bits per heavy atom. The SMILES string of the molecule is CCC(NC(=O)c1cccnc1)c1ccc(C2CCCNC2)cc1. The molecule has 0 radical (unpaired) electrons. The highest BCUT2D eigenvalue weighted by Gasteiger charge is 2.17. The third-order valence-electron chi connectivity index (χ3n) is 4.74. The van der Waals surface area contributed by atoms with Crippen LogP contribution >= 0.6 is 0 Å². The second kappa shape index (κ2) is 8.06. The summed E-state index contributed by atoms with van der Waals surface area (Å²) in [7, 11) is 0. The number of pyridine rings is 1. The van der Waals surface area contributed by atoms with Crippen LogP contribution in [-0.4, -0.2) is 24.0 Å². The average molecular weight is 323 g/mol. The Hall–Kier alpha value is -2.20. The van der Waals surface area contributed by atoms with E-state index in [4.69, 9.17) is 0 Å². The summed E-state index contributed by atoms with van der Waals surface area (Å²) < 4.78 is 0. The van der Waals surface area contributed by atoms with Crippen molar-refractivity contribution in [3.8, 4) is 0 Å². The Morgan fingerprint density at radius 2 is 2.17 bits per heavy atom. The minimum Gasteiger partial charge on any atom is -0.345 e. The Balaban J connectivity index is 1.68. The number of rotatable bonds is 5. The number of hydrogen-bond donors (Lipinski definition) is 2. The van der Waals surface area contributed by atoms with E-state index in [-0.39, 0.29) is 11.9 Å². The topological polar surface area (TPSA) is 54.0 Å². The van der Waals surface area contributed by atoms with E-state index >= 15 is 0 Å². The van der Waals surface area contributed by atoms with Crippen molar-refractivity contribution in [2.24, 2.45) is 0 Å². The van der Waals surface area contributed by atoms with Crippen LogP contribution in [0.25, 0.3) is 0 Å². The molecule has 1 aliphatic rings. The third-order valence-corrected chi connectivity index (χ3v) is 4.74. The monoisotopic (exact) mass is 323 g/mol. The number of nitrogens with one attached hydrogen (secondary N) is 2. The van der Waals surface area contributed by atoms with Gasteiger partial charge in [0.1, 0.15) is 0 Å².